The predicted octanol–water partition coefficient (Wildman–Crippen LogP) is 0.590. The molecule has 0 fully saturated rings. The summed E-state index contributed by atoms with van der Waals surface area (Å²) >= 11 is 0. The fourth-order valence-corrected chi connectivity index (χ4v) is 2.05. The fraction of sp³-hybridized carbons (Fsp3) is 0.250. The molecule has 1 atom stereocenters. The van der Waals surface area contributed by atoms with Crippen LogP contribution in [0.1, 0.15) is 10.5 Å². The molecule has 1 aliphatic rings. The zero-order valence-electron chi connectivity index (χ0n) is 12.7. The van der Waals surface area contributed by atoms with Crippen molar-refractivity contribution in [3.05, 3.63) is 48.5 Å². The summed E-state index contributed by atoms with van der Waals surface area (Å²) in [6.07, 6.45) is 3.77. The van der Waals surface area contributed by atoms with Crippen LogP contribution in [0, 0.1) is 0 Å². The van der Waals surface area contributed by atoms with Crippen LogP contribution >= 0.6 is 0 Å². The normalized spacial score (nSPS) is 15.4. The minimum absolute atomic E-state index is 0.0471. The summed E-state index contributed by atoms with van der Waals surface area (Å²) in [5.74, 6) is 0.175. The van der Waals surface area contributed by atoms with Gasteiger partial charge in [0, 0.05) is 12.4 Å². The van der Waals surface area contributed by atoms with Crippen LogP contribution in [0.15, 0.2) is 42.9 Å². The van der Waals surface area contributed by atoms with Crippen molar-refractivity contribution < 1.29 is 23.8 Å². The Balaban J connectivity index is 1.41. The molecule has 0 unspecified atom stereocenters. The second-order valence-electron chi connectivity index (χ2n) is 4.97. The van der Waals surface area contributed by atoms with Crippen molar-refractivity contribution in [3.8, 4) is 11.5 Å². The number of esters is 1. The molecule has 3 rings (SSSR count). The summed E-state index contributed by atoms with van der Waals surface area (Å²) < 4.78 is 16.1. The third kappa shape index (κ3) is 3.97. The number of hydrogen-bond donors (Lipinski definition) is 1. The Hall–Kier alpha value is -3.16. The molecule has 0 bridgehead atoms. The standard InChI is InChI=1S/C16H15N3O5/c20-15(10-23-16(21)12-8-17-5-6-18-12)19-7-11-9-22-13-3-1-2-4-14(13)24-11/h1-6,8,11H,7,9-10H2,(H,19,20)/t11-/m0/s1. The second kappa shape index (κ2) is 7.40. The van der Waals surface area contributed by atoms with Crippen LogP contribution in [0.2, 0.25) is 0 Å². The van der Waals surface area contributed by atoms with E-state index in [1.807, 2.05) is 18.2 Å². The van der Waals surface area contributed by atoms with E-state index in [0.717, 1.165) is 0 Å². The van der Waals surface area contributed by atoms with Gasteiger partial charge in [0.2, 0.25) is 0 Å². The number of nitrogens with zero attached hydrogens (tertiary/aromatic N) is 2. The first-order valence-corrected chi connectivity index (χ1v) is 7.30. The van der Waals surface area contributed by atoms with E-state index in [0.29, 0.717) is 18.1 Å². The smallest absolute Gasteiger partial charge is 0.359 e. The highest BCUT2D eigenvalue weighted by atomic mass is 16.6. The van der Waals surface area contributed by atoms with E-state index in [9.17, 15) is 9.59 Å². The van der Waals surface area contributed by atoms with E-state index >= 15 is 0 Å². The molecule has 0 saturated heterocycles. The van der Waals surface area contributed by atoms with Crippen LogP contribution in [0.3, 0.4) is 0 Å². The Labute approximate surface area is 137 Å². The number of aromatic nitrogens is 2. The van der Waals surface area contributed by atoms with E-state index in [4.69, 9.17) is 14.2 Å². The minimum atomic E-state index is -0.704. The van der Waals surface area contributed by atoms with Crippen LogP contribution in [0.4, 0.5) is 0 Å². The molecule has 2 heterocycles. The van der Waals surface area contributed by atoms with Gasteiger partial charge in [0.25, 0.3) is 5.91 Å². The third-order valence-electron chi connectivity index (χ3n) is 3.20. The lowest BCUT2D eigenvalue weighted by Gasteiger charge is -2.26. The molecule has 0 saturated carbocycles. The molecule has 8 nitrogen and oxygen atoms in total. The van der Waals surface area contributed by atoms with Gasteiger partial charge in [-0.25, -0.2) is 9.78 Å². The maximum atomic E-state index is 11.7. The summed E-state index contributed by atoms with van der Waals surface area (Å²) in [5.41, 5.74) is 0.0471. The van der Waals surface area contributed by atoms with Gasteiger partial charge in [0.15, 0.2) is 23.8 Å². The van der Waals surface area contributed by atoms with Gasteiger partial charge in [-0.2, -0.15) is 0 Å². The summed E-state index contributed by atoms with van der Waals surface area (Å²) in [4.78, 5) is 30.9. The molecule has 0 spiro atoms. The highest BCUT2D eigenvalue weighted by Crippen LogP contribution is 2.30. The van der Waals surface area contributed by atoms with Crippen molar-refractivity contribution in [2.45, 2.75) is 6.10 Å². The van der Waals surface area contributed by atoms with Gasteiger partial charge in [0.05, 0.1) is 12.7 Å². The Kier molecular flexibility index (Phi) is 4.85. The molecule has 124 valence electrons. The average molecular weight is 329 g/mol. The molecule has 0 radical (unpaired) electrons. The molecule has 8 heteroatoms. The molecule has 24 heavy (non-hydrogen) atoms. The number of rotatable bonds is 5. The van der Waals surface area contributed by atoms with E-state index in [2.05, 4.69) is 15.3 Å². The number of amides is 1. The maximum absolute atomic E-state index is 11.7. The number of benzene rings is 1. The van der Waals surface area contributed by atoms with Gasteiger partial charge < -0.3 is 19.5 Å². The highest BCUT2D eigenvalue weighted by Gasteiger charge is 2.21. The Morgan fingerprint density at radius 1 is 1.25 bits per heavy atom. The SMILES string of the molecule is O=C(COC(=O)c1cnccn1)NC[C@H]1COc2ccccc2O1. The molecule has 2 aromatic rings. The number of nitrogens with one attached hydrogen (secondary N) is 1. The molecule has 1 aromatic heterocycles. The van der Waals surface area contributed by atoms with Crippen molar-refractivity contribution >= 4 is 11.9 Å². The number of para-hydroxylation sites is 2. The monoisotopic (exact) mass is 329 g/mol. The Morgan fingerprint density at radius 3 is 2.88 bits per heavy atom. The number of ether oxygens (including phenoxy) is 3. The zero-order valence-corrected chi connectivity index (χ0v) is 12.7. The van der Waals surface area contributed by atoms with Crippen LogP contribution in [0.5, 0.6) is 11.5 Å². The van der Waals surface area contributed by atoms with Crippen molar-refractivity contribution in [2.24, 2.45) is 0 Å². The van der Waals surface area contributed by atoms with Gasteiger partial charge in [-0.1, -0.05) is 12.1 Å². The topological polar surface area (TPSA) is 99.6 Å². The van der Waals surface area contributed by atoms with Crippen molar-refractivity contribution in [1.29, 1.82) is 0 Å². The van der Waals surface area contributed by atoms with Crippen LogP contribution in [0.25, 0.3) is 0 Å². The molecular formula is C16H15N3O5. The molecule has 0 aliphatic carbocycles. The van der Waals surface area contributed by atoms with Gasteiger partial charge in [-0.15, -0.1) is 0 Å². The lowest BCUT2D eigenvalue weighted by Crippen LogP contribution is -2.42. The van der Waals surface area contributed by atoms with Gasteiger partial charge in [-0.05, 0) is 12.1 Å². The average Bonchev–Trinajstić information content (AvgIpc) is 2.65. The minimum Gasteiger partial charge on any atom is -0.486 e. The summed E-state index contributed by atoms with van der Waals surface area (Å²) in [5, 5.41) is 2.63. The van der Waals surface area contributed by atoms with Crippen molar-refractivity contribution in [3.63, 3.8) is 0 Å². The lowest BCUT2D eigenvalue weighted by molar-refractivity contribution is -0.124. The maximum Gasteiger partial charge on any atom is 0.359 e. The summed E-state index contributed by atoms with van der Waals surface area (Å²) in [6, 6.07) is 7.31. The van der Waals surface area contributed by atoms with E-state index < -0.39 is 18.5 Å². The highest BCUT2D eigenvalue weighted by molar-refractivity contribution is 5.89. The van der Waals surface area contributed by atoms with Crippen molar-refractivity contribution in [1.82, 2.24) is 15.3 Å². The molecule has 1 aromatic carbocycles. The summed E-state index contributed by atoms with van der Waals surface area (Å²) in [6.45, 7) is 0.173. The molecule has 1 amide bonds. The first kappa shape index (κ1) is 15.7. The van der Waals surface area contributed by atoms with Crippen molar-refractivity contribution in [2.75, 3.05) is 19.8 Å². The predicted molar refractivity (Wildman–Crippen MR) is 81.7 cm³/mol. The lowest BCUT2D eigenvalue weighted by atomic mass is 10.2. The summed E-state index contributed by atoms with van der Waals surface area (Å²) in [7, 11) is 0. The fourth-order valence-electron chi connectivity index (χ4n) is 2.05. The first-order chi connectivity index (χ1) is 11.7. The second-order valence-corrected chi connectivity index (χ2v) is 4.97. The van der Waals surface area contributed by atoms with Crippen LogP contribution in [-0.4, -0.2) is 47.7 Å². The van der Waals surface area contributed by atoms with Gasteiger partial charge in [0.1, 0.15) is 12.7 Å². The Bertz CT molecular complexity index is 723. The number of hydrogen-bond acceptors (Lipinski definition) is 7. The number of carbonyl (C=O) groups excluding carboxylic acids is 2. The van der Waals surface area contributed by atoms with Crippen LogP contribution in [-0.2, 0) is 9.53 Å². The van der Waals surface area contributed by atoms with E-state index in [1.165, 1.54) is 18.6 Å². The number of carbonyl (C=O) groups is 2. The van der Waals surface area contributed by atoms with Gasteiger partial charge in [-0.3, -0.25) is 9.78 Å². The molecule has 1 aliphatic heterocycles. The molecular weight excluding hydrogens is 314 g/mol. The first-order valence-electron chi connectivity index (χ1n) is 7.30. The quantitative estimate of drug-likeness (QED) is 0.801. The zero-order chi connectivity index (χ0) is 16.8. The van der Waals surface area contributed by atoms with E-state index in [-0.39, 0.29) is 18.3 Å². The third-order valence-corrected chi connectivity index (χ3v) is 3.20. The Morgan fingerprint density at radius 2 is 2.08 bits per heavy atom. The van der Waals surface area contributed by atoms with Crippen LogP contribution < -0.4 is 14.8 Å². The molecule has 1 N–H and O–H groups in total. The van der Waals surface area contributed by atoms with E-state index in [1.54, 1.807) is 6.07 Å². The van der Waals surface area contributed by atoms with Gasteiger partial charge >= 0.3 is 5.97 Å². The largest absolute Gasteiger partial charge is 0.486 e. The number of fused-ring (bicyclic) bond motifs is 1.